The Kier molecular flexibility index (Phi) is 5.51. The Balaban J connectivity index is 1.73. The molecule has 0 aliphatic carbocycles. The third-order valence-electron chi connectivity index (χ3n) is 5.00. The van der Waals surface area contributed by atoms with Crippen LogP contribution in [0.4, 0.5) is 0 Å². The van der Waals surface area contributed by atoms with Crippen molar-refractivity contribution >= 4 is 22.6 Å². The van der Waals surface area contributed by atoms with Gasteiger partial charge in [-0.15, -0.1) is 0 Å². The van der Waals surface area contributed by atoms with E-state index in [9.17, 15) is 0 Å². The third kappa shape index (κ3) is 4.11. The maximum Gasteiger partial charge on any atom is 0.163 e. The minimum absolute atomic E-state index is 0.322. The molecule has 6 heteroatoms. The van der Waals surface area contributed by atoms with Crippen molar-refractivity contribution in [2.75, 3.05) is 20.7 Å². The summed E-state index contributed by atoms with van der Waals surface area (Å²) in [5.74, 6) is 0.809. The van der Waals surface area contributed by atoms with E-state index in [2.05, 4.69) is 16.8 Å². The van der Waals surface area contributed by atoms with Gasteiger partial charge in [0.2, 0.25) is 0 Å². The predicted molar refractivity (Wildman–Crippen MR) is 118 cm³/mol. The summed E-state index contributed by atoms with van der Waals surface area (Å²) >= 11 is 6.05. The lowest BCUT2D eigenvalue weighted by Crippen LogP contribution is -2.30. The van der Waals surface area contributed by atoms with E-state index in [0.29, 0.717) is 17.7 Å². The first-order valence-corrected chi connectivity index (χ1v) is 9.90. The van der Waals surface area contributed by atoms with Gasteiger partial charge in [0.15, 0.2) is 5.65 Å². The van der Waals surface area contributed by atoms with Gasteiger partial charge in [-0.3, -0.25) is 0 Å². The highest BCUT2D eigenvalue weighted by atomic mass is 35.5. The number of benzene rings is 2. The topological polar surface area (TPSA) is 43.2 Å². The molecule has 148 valence electrons. The molecule has 2 aromatic heterocycles. The molecular weight excluding hydrogens is 384 g/mol. The molecule has 0 radical (unpaired) electrons. The SMILES string of the molecule is CC(COc1cccc(-n2nc(-c3ccc(Cl)cc3)c3cccnc32)c1)N(C)C. The molecular formula is C23H23ClN4O. The number of hydrogen-bond acceptors (Lipinski definition) is 4. The first kappa shape index (κ1) is 19.4. The van der Waals surface area contributed by atoms with Crippen LogP contribution in [-0.4, -0.2) is 46.4 Å². The van der Waals surface area contributed by atoms with Crippen molar-refractivity contribution in [1.82, 2.24) is 19.7 Å². The summed E-state index contributed by atoms with van der Waals surface area (Å²) in [5.41, 5.74) is 3.58. The van der Waals surface area contributed by atoms with Crippen LogP contribution in [0.2, 0.25) is 5.02 Å². The number of hydrogen-bond donors (Lipinski definition) is 0. The van der Waals surface area contributed by atoms with Gasteiger partial charge in [0.05, 0.1) is 5.69 Å². The van der Waals surface area contributed by atoms with Crippen molar-refractivity contribution in [3.8, 4) is 22.7 Å². The molecule has 29 heavy (non-hydrogen) atoms. The Hall–Kier alpha value is -2.89. The fraction of sp³-hybridized carbons (Fsp3) is 0.217. The maximum atomic E-state index is 6.05. The van der Waals surface area contributed by atoms with E-state index >= 15 is 0 Å². The highest BCUT2D eigenvalue weighted by Gasteiger charge is 2.15. The number of likely N-dealkylation sites (N-methyl/N-ethyl adjacent to an activating group) is 1. The Morgan fingerprint density at radius 1 is 1.07 bits per heavy atom. The molecule has 2 aromatic carbocycles. The first-order valence-electron chi connectivity index (χ1n) is 9.52. The average molecular weight is 407 g/mol. The van der Waals surface area contributed by atoms with Crippen LogP contribution >= 0.6 is 11.6 Å². The lowest BCUT2D eigenvalue weighted by molar-refractivity contribution is 0.198. The summed E-state index contributed by atoms with van der Waals surface area (Å²) in [6, 6.07) is 19.9. The lowest BCUT2D eigenvalue weighted by atomic mass is 10.1. The zero-order valence-electron chi connectivity index (χ0n) is 16.7. The summed E-state index contributed by atoms with van der Waals surface area (Å²) in [6.07, 6.45) is 1.78. The van der Waals surface area contributed by atoms with Crippen LogP contribution in [0.5, 0.6) is 5.75 Å². The van der Waals surface area contributed by atoms with Crippen LogP contribution in [0.1, 0.15) is 6.92 Å². The molecule has 0 saturated carbocycles. The molecule has 4 rings (SSSR count). The van der Waals surface area contributed by atoms with Gasteiger partial charge in [-0.1, -0.05) is 29.8 Å². The fourth-order valence-electron chi connectivity index (χ4n) is 3.02. The summed E-state index contributed by atoms with van der Waals surface area (Å²) in [5, 5.41) is 6.56. The van der Waals surface area contributed by atoms with Crippen LogP contribution in [0.15, 0.2) is 66.9 Å². The van der Waals surface area contributed by atoms with Crippen molar-refractivity contribution < 1.29 is 4.74 Å². The van der Waals surface area contributed by atoms with Crippen LogP contribution in [0.25, 0.3) is 28.0 Å². The highest BCUT2D eigenvalue weighted by Crippen LogP contribution is 2.30. The van der Waals surface area contributed by atoms with E-state index in [1.807, 2.05) is 79.4 Å². The molecule has 0 N–H and O–H groups in total. The number of nitrogens with zero attached hydrogens (tertiary/aromatic N) is 4. The van der Waals surface area contributed by atoms with Gasteiger partial charge in [-0.25, -0.2) is 9.67 Å². The van der Waals surface area contributed by atoms with Crippen LogP contribution in [0.3, 0.4) is 0 Å². The smallest absolute Gasteiger partial charge is 0.163 e. The van der Waals surface area contributed by atoms with Gasteiger partial charge in [-0.2, -0.15) is 5.10 Å². The minimum Gasteiger partial charge on any atom is -0.492 e. The van der Waals surface area contributed by atoms with E-state index < -0.39 is 0 Å². The second-order valence-electron chi connectivity index (χ2n) is 7.26. The Morgan fingerprint density at radius 2 is 1.86 bits per heavy atom. The molecule has 0 amide bonds. The van der Waals surface area contributed by atoms with E-state index in [4.69, 9.17) is 21.4 Å². The molecule has 0 spiro atoms. The zero-order chi connectivity index (χ0) is 20.4. The van der Waals surface area contributed by atoms with Crippen LogP contribution in [0, 0.1) is 0 Å². The van der Waals surface area contributed by atoms with E-state index in [0.717, 1.165) is 33.7 Å². The quantitative estimate of drug-likeness (QED) is 0.448. The van der Waals surface area contributed by atoms with Crippen molar-refractivity contribution in [3.63, 3.8) is 0 Å². The molecule has 5 nitrogen and oxygen atoms in total. The van der Waals surface area contributed by atoms with E-state index in [-0.39, 0.29) is 0 Å². The Bertz CT molecular complexity index is 1120. The molecule has 4 aromatic rings. The second kappa shape index (κ2) is 8.23. The Labute approximate surface area is 175 Å². The van der Waals surface area contributed by atoms with Crippen molar-refractivity contribution in [2.24, 2.45) is 0 Å². The summed E-state index contributed by atoms with van der Waals surface area (Å²) in [6.45, 7) is 2.75. The number of fused-ring (bicyclic) bond motifs is 1. The zero-order valence-corrected chi connectivity index (χ0v) is 17.5. The standard InChI is InChI=1S/C23H23ClN4O/c1-16(27(2)3)15-29-20-7-4-6-19(14-20)28-23-21(8-5-13-25-23)22(26-28)17-9-11-18(24)12-10-17/h4-14,16H,15H2,1-3H3. The van der Waals surface area contributed by atoms with Crippen LogP contribution in [-0.2, 0) is 0 Å². The monoisotopic (exact) mass is 406 g/mol. The maximum absolute atomic E-state index is 6.05. The number of halogens is 1. The molecule has 0 fully saturated rings. The molecule has 2 heterocycles. The number of rotatable bonds is 6. The number of aromatic nitrogens is 3. The van der Waals surface area contributed by atoms with Crippen molar-refractivity contribution in [3.05, 3.63) is 71.9 Å². The highest BCUT2D eigenvalue weighted by molar-refractivity contribution is 6.30. The van der Waals surface area contributed by atoms with E-state index in [1.54, 1.807) is 6.20 Å². The number of pyridine rings is 1. The summed E-state index contributed by atoms with van der Waals surface area (Å²) < 4.78 is 7.85. The largest absolute Gasteiger partial charge is 0.492 e. The molecule has 0 aliphatic rings. The lowest BCUT2D eigenvalue weighted by Gasteiger charge is -2.20. The van der Waals surface area contributed by atoms with Gasteiger partial charge < -0.3 is 9.64 Å². The summed E-state index contributed by atoms with van der Waals surface area (Å²) in [4.78, 5) is 6.71. The van der Waals surface area contributed by atoms with Gasteiger partial charge in [0.25, 0.3) is 0 Å². The first-order chi connectivity index (χ1) is 14.0. The molecule has 0 aliphatic heterocycles. The van der Waals surface area contributed by atoms with Crippen molar-refractivity contribution in [1.29, 1.82) is 0 Å². The molecule has 0 bridgehead atoms. The minimum atomic E-state index is 0.322. The third-order valence-corrected chi connectivity index (χ3v) is 5.25. The number of ether oxygens (including phenoxy) is 1. The molecule has 1 atom stereocenters. The predicted octanol–water partition coefficient (Wildman–Crippen LogP) is 5.07. The average Bonchev–Trinajstić information content (AvgIpc) is 3.12. The van der Waals surface area contributed by atoms with Crippen molar-refractivity contribution in [2.45, 2.75) is 13.0 Å². The fourth-order valence-corrected chi connectivity index (χ4v) is 3.15. The van der Waals surface area contributed by atoms with Crippen LogP contribution < -0.4 is 4.74 Å². The summed E-state index contributed by atoms with van der Waals surface area (Å²) in [7, 11) is 4.09. The van der Waals surface area contributed by atoms with Gasteiger partial charge >= 0.3 is 0 Å². The van der Waals surface area contributed by atoms with Gasteiger partial charge in [0.1, 0.15) is 18.1 Å². The van der Waals surface area contributed by atoms with Gasteiger partial charge in [0, 0.05) is 34.3 Å². The normalized spacial score (nSPS) is 12.4. The van der Waals surface area contributed by atoms with E-state index in [1.165, 1.54) is 0 Å². The van der Waals surface area contributed by atoms with Gasteiger partial charge in [-0.05, 0) is 57.4 Å². The Morgan fingerprint density at radius 3 is 2.62 bits per heavy atom. The second-order valence-corrected chi connectivity index (χ2v) is 7.70. The molecule has 1 unspecified atom stereocenters. The molecule has 0 saturated heterocycles.